The Kier molecular flexibility index (Phi) is 4.70. The summed E-state index contributed by atoms with van der Waals surface area (Å²) in [6.45, 7) is 4.76. The van der Waals surface area contributed by atoms with Gasteiger partial charge in [0.25, 0.3) is 5.91 Å². The third kappa shape index (κ3) is 3.79. The molecular formula is C19H20N2O4. The van der Waals surface area contributed by atoms with Crippen LogP contribution in [-0.4, -0.2) is 39.5 Å². The van der Waals surface area contributed by atoms with Crippen molar-refractivity contribution in [3.63, 3.8) is 0 Å². The van der Waals surface area contributed by atoms with Crippen LogP contribution in [0, 0.1) is 0 Å². The van der Waals surface area contributed by atoms with Gasteiger partial charge in [-0.3, -0.25) is 4.79 Å². The fourth-order valence-corrected chi connectivity index (χ4v) is 2.87. The molecule has 130 valence electrons. The molecule has 1 aliphatic rings. The van der Waals surface area contributed by atoms with Crippen molar-refractivity contribution in [2.75, 3.05) is 6.54 Å². The van der Waals surface area contributed by atoms with Crippen molar-refractivity contribution in [3.8, 4) is 5.88 Å². The number of carboxylic acids is 1. The van der Waals surface area contributed by atoms with E-state index in [2.05, 4.69) is 4.98 Å². The molecule has 1 aliphatic heterocycles. The maximum Gasteiger partial charge on any atom is 0.335 e. The second-order valence-electron chi connectivity index (χ2n) is 6.29. The topological polar surface area (TPSA) is 79.7 Å². The molecule has 1 N–H and O–H groups in total. The van der Waals surface area contributed by atoms with Crippen molar-refractivity contribution in [3.05, 3.63) is 58.8 Å². The Hall–Kier alpha value is -2.89. The highest BCUT2D eigenvalue weighted by Gasteiger charge is 2.23. The molecule has 0 spiro atoms. The second-order valence-corrected chi connectivity index (χ2v) is 6.29. The molecule has 0 atom stereocenters. The van der Waals surface area contributed by atoms with E-state index in [4.69, 9.17) is 9.84 Å². The smallest absolute Gasteiger partial charge is 0.335 e. The molecule has 1 aromatic carbocycles. The molecule has 6 nitrogen and oxygen atoms in total. The van der Waals surface area contributed by atoms with E-state index in [1.165, 1.54) is 0 Å². The van der Waals surface area contributed by atoms with Crippen LogP contribution >= 0.6 is 0 Å². The minimum Gasteiger partial charge on any atom is -0.478 e. The Balaban J connectivity index is 1.80. The van der Waals surface area contributed by atoms with E-state index < -0.39 is 5.97 Å². The summed E-state index contributed by atoms with van der Waals surface area (Å²) >= 11 is 0. The number of hydrogen-bond acceptors (Lipinski definition) is 4. The first-order valence-corrected chi connectivity index (χ1v) is 8.22. The van der Waals surface area contributed by atoms with Crippen LogP contribution in [-0.2, 0) is 13.0 Å². The molecule has 1 amide bonds. The molecule has 0 saturated carbocycles. The summed E-state index contributed by atoms with van der Waals surface area (Å²) in [7, 11) is 0. The molecular weight excluding hydrogens is 320 g/mol. The summed E-state index contributed by atoms with van der Waals surface area (Å²) in [5, 5.41) is 9.14. The van der Waals surface area contributed by atoms with E-state index in [9.17, 15) is 9.59 Å². The Bertz CT molecular complexity index is 817. The minimum absolute atomic E-state index is 0.0193. The van der Waals surface area contributed by atoms with Gasteiger partial charge >= 0.3 is 5.97 Å². The molecule has 0 bridgehead atoms. The van der Waals surface area contributed by atoms with Gasteiger partial charge in [0.1, 0.15) is 5.69 Å². The van der Waals surface area contributed by atoms with E-state index in [0.717, 1.165) is 11.1 Å². The average Bonchev–Trinajstić information content (AvgIpc) is 2.59. The Labute approximate surface area is 146 Å². The molecule has 3 rings (SSSR count). The quantitative estimate of drug-likeness (QED) is 0.926. The Morgan fingerprint density at radius 2 is 2.00 bits per heavy atom. The minimum atomic E-state index is -0.966. The van der Waals surface area contributed by atoms with E-state index in [1.807, 2.05) is 19.9 Å². The fourth-order valence-electron chi connectivity index (χ4n) is 2.87. The number of pyridine rings is 1. The molecule has 0 aliphatic carbocycles. The predicted molar refractivity (Wildman–Crippen MR) is 91.8 cm³/mol. The number of fused-ring (bicyclic) bond motifs is 1. The number of hydrogen-bond donors (Lipinski definition) is 1. The summed E-state index contributed by atoms with van der Waals surface area (Å²) in [5.74, 6) is -0.724. The zero-order chi connectivity index (χ0) is 18.0. The number of amides is 1. The van der Waals surface area contributed by atoms with Gasteiger partial charge < -0.3 is 14.7 Å². The fraction of sp³-hybridized carbons (Fsp3) is 0.316. The van der Waals surface area contributed by atoms with Crippen LogP contribution < -0.4 is 4.74 Å². The molecule has 1 aromatic heterocycles. The highest BCUT2D eigenvalue weighted by atomic mass is 16.5. The summed E-state index contributed by atoms with van der Waals surface area (Å²) in [6, 6.07) is 10.2. The largest absolute Gasteiger partial charge is 0.478 e. The van der Waals surface area contributed by atoms with Crippen LogP contribution in [0.4, 0.5) is 0 Å². The first-order chi connectivity index (χ1) is 11.9. The van der Waals surface area contributed by atoms with Gasteiger partial charge in [-0.05, 0) is 49.6 Å². The van der Waals surface area contributed by atoms with E-state index in [-0.39, 0.29) is 17.6 Å². The van der Waals surface area contributed by atoms with Crippen LogP contribution in [0.3, 0.4) is 0 Å². The van der Waals surface area contributed by atoms with Gasteiger partial charge in [0.2, 0.25) is 5.88 Å². The number of carboxylic acid groups (broad SMARTS) is 1. The predicted octanol–water partition coefficient (Wildman–Crippen LogP) is 2.77. The lowest BCUT2D eigenvalue weighted by Gasteiger charge is -2.29. The number of nitrogens with zero attached hydrogens (tertiary/aromatic N) is 2. The van der Waals surface area contributed by atoms with Gasteiger partial charge in [-0.2, -0.15) is 0 Å². The van der Waals surface area contributed by atoms with Crippen LogP contribution in [0.1, 0.15) is 45.8 Å². The first-order valence-electron chi connectivity index (χ1n) is 8.22. The molecule has 25 heavy (non-hydrogen) atoms. The third-order valence-electron chi connectivity index (χ3n) is 4.05. The van der Waals surface area contributed by atoms with Crippen molar-refractivity contribution < 1.29 is 19.4 Å². The van der Waals surface area contributed by atoms with Crippen LogP contribution in [0.5, 0.6) is 5.88 Å². The summed E-state index contributed by atoms with van der Waals surface area (Å²) in [4.78, 5) is 29.9. The summed E-state index contributed by atoms with van der Waals surface area (Å²) in [5.41, 5.74) is 2.52. The van der Waals surface area contributed by atoms with Crippen molar-refractivity contribution in [1.82, 2.24) is 9.88 Å². The molecule has 2 aromatic rings. The third-order valence-corrected chi connectivity index (χ3v) is 4.05. The molecule has 0 fully saturated rings. The second kappa shape index (κ2) is 6.93. The van der Waals surface area contributed by atoms with Crippen molar-refractivity contribution in [2.24, 2.45) is 0 Å². The zero-order valence-electron chi connectivity index (χ0n) is 14.2. The monoisotopic (exact) mass is 340 g/mol. The number of aromatic nitrogens is 1. The molecule has 0 radical (unpaired) electrons. The number of aromatic carboxylic acids is 1. The number of ether oxygens (including phenoxy) is 1. The van der Waals surface area contributed by atoms with Crippen LogP contribution in [0.2, 0.25) is 0 Å². The highest BCUT2D eigenvalue weighted by molar-refractivity contribution is 5.92. The summed E-state index contributed by atoms with van der Waals surface area (Å²) < 4.78 is 5.54. The average molecular weight is 340 g/mol. The lowest BCUT2D eigenvalue weighted by atomic mass is 9.97. The van der Waals surface area contributed by atoms with Gasteiger partial charge in [0, 0.05) is 19.2 Å². The molecule has 2 heterocycles. The van der Waals surface area contributed by atoms with Crippen molar-refractivity contribution in [2.45, 2.75) is 32.9 Å². The zero-order valence-corrected chi connectivity index (χ0v) is 14.2. The van der Waals surface area contributed by atoms with Crippen molar-refractivity contribution in [1.29, 1.82) is 0 Å². The first kappa shape index (κ1) is 17.0. The number of carbonyl (C=O) groups is 2. The highest BCUT2D eigenvalue weighted by Crippen LogP contribution is 2.22. The molecule has 0 unspecified atom stereocenters. The lowest BCUT2D eigenvalue weighted by molar-refractivity contribution is 0.0696. The van der Waals surface area contributed by atoms with Gasteiger partial charge in [-0.1, -0.05) is 12.1 Å². The lowest BCUT2D eigenvalue weighted by Crippen LogP contribution is -2.36. The number of benzene rings is 1. The SMILES string of the molecule is CC(C)Oc1cccc(C(=O)N2CCc3ccc(C(=O)O)cc3C2)n1. The number of rotatable bonds is 4. The summed E-state index contributed by atoms with van der Waals surface area (Å²) in [6.07, 6.45) is 0.678. The van der Waals surface area contributed by atoms with Gasteiger partial charge in [0.15, 0.2) is 0 Å². The van der Waals surface area contributed by atoms with Crippen LogP contribution in [0.15, 0.2) is 36.4 Å². The van der Waals surface area contributed by atoms with Gasteiger partial charge in [0.05, 0.1) is 11.7 Å². The van der Waals surface area contributed by atoms with Gasteiger partial charge in [-0.15, -0.1) is 0 Å². The Morgan fingerprint density at radius 3 is 2.72 bits per heavy atom. The van der Waals surface area contributed by atoms with E-state index >= 15 is 0 Å². The maximum absolute atomic E-state index is 12.8. The van der Waals surface area contributed by atoms with E-state index in [1.54, 1.807) is 35.2 Å². The molecule has 0 saturated heterocycles. The van der Waals surface area contributed by atoms with Gasteiger partial charge in [-0.25, -0.2) is 9.78 Å². The standard InChI is InChI=1S/C19H20N2O4/c1-12(2)25-17-5-3-4-16(20-17)18(22)21-9-8-13-6-7-14(19(23)24)10-15(13)11-21/h3-7,10,12H,8-9,11H2,1-2H3,(H,23,24). The maximum atomic E-state index is 12.8. The number of carbonyl (C=O) groups excluding carboxylic acids is 1. The van der Waals surface area contributed by atoms with Crippen LogP contribution in [0.25, 0.3) is 0 Å². The van der Waals surface area contributed by atoms with E-state index in [0.29, 0.717) is 31.1 Å². The normalized spacial score (nSPS) is 13.5. The Morgan fingerprint density at radius 1 is 1.20 bits per heavy atom. The van der Waals surface area contributed by atoms with Crippen molar-refractivity contribution >= 4 is 11.9 Å². The molecule has 6 heteroatoms.